The normalized spacial score (nSPS) is 17.0. The van der Waals surface area contributed by atoms with Crippen molar-refractivity contribution in [3.05, 3.63) is 54.5 Å². The number of anilines is 1. The molecule has 0 bridgehead atoms. The number of likely N-dealkylation sites (tertiary alicyclic amines) is 1. The van der Waals surface area contributed by atoms with Crippen molar-refractivity contribution in [1.29, 1.82) is 0 Å². The average Bonchev–Trinajstić information content (AvgIpc) is 3.66. The van der Waals surface area contributed by atoms with Crippen LogP contribution >= 0.6 is 0 Å². The Morgan fingerprint density at radius 2 is 2.02 bits per heavy atom. The minimum Gasteiger partial charge on any atom is -0.364 e. The van der Waals surface area contributed by atoms with Crippen LogP contribution in [0, 0.1) is 6.92 Å². The van der Waals surface area contributed by atoms with Gasteiger partial charge in [-0.3, -0.25) is 19.1 Å². The fraction of sp³-hybridized carbons (Fsp3) is 0.240. The number of nitrogens with one attached hydrogen (secondary N) is 2. The number of nitrogens with zero attached hydrogens (tertiary/aromatic N) is 8. The smallest absolute Gasteiger partial charge is 0.269 e. The molecule has 2 atom stereocenters. The third kappa shape index (κ3) is 4.46. The summed E-state index contributed by atoms with van der Waals surface area (Å²) in [4.78, 5) is 55.4. The lowest BCUT2D eigenvalue weighted by molar-refractivity contribution is -0.137. The van der Waals surface area contributed by atoms with Crippen molar-refractivity contribution in [2.75, 3.05) is 11.9 Å². The molecule has 5 aromatic rings. The first-order valence-corrected chi connectivity index (χ1v) is 12.3. The van der Waals surface area contributed by atoms with Crippen LogP contribution in [0.5, 0.6) is 0 Å². The van der Waals surface area contributed by atoms with Gasteiger partial charge in [0.25, 0.3) is 5.91 Å². The maximum atomic E-state index is 14.5. The summed E-state index contributed by atoms with van der Waals surface area (Å²) in [5.41, 5.74) is 8.33. The van der Waals surface area contributed by atoms with E-state index >= 15 is 0 Å². The third-order valence-electron chi connectivity index (χ3n) is 6.70. The number of imidazole rings is 1. The predicted molar refractivity (Wildman–Crippen MR) is 139 cm³/mol. The summed E-state index contributed by atoms with van der Waals surface area (Å²) in [7, 11) is 0. The van der Waals surface area contributed by atoms with Gasteiger partial charge in [-0.25, -0.2) is 19.3 Å². The van der Waals surface area contributed by atoms with Crippen molar-refractivity contribution in [1.82, 2.24) is 44.8 Å². The number of amides is 3. The number of carbonyl (C=O) groups excluding carboxylic acids is 3. The number of aryl methyl sites for hydroxylation is 1. The Morgan fingerprint density at radius 1 is 1.18 bits per heavy atom. The second-order valence-electron chi connectivity index (χ2n) is 9.34. The molecule has 4 N–H and O–H groups in total. The quantitative estimate of drug-likeness (QED) is 0.282. The van der Waals surface area contributed by atoms with E-state index in [1.54, 1.807) is 43.6 Å². The molecule has 40 heavy (non-hydrogen) atoms. The van der Waals surface area contributed by atoms with Crippen LogP contribution in [0.3, 0.4) is 0 Å². The SMILES string of the molecule is Cc1nc(NC(=O)[C@H]2C[C@@H](F)CN2C(=O)Cn2nc(C(N)=O)c3cc(-c4ccnnc4)ccc32)c2[nH]cnc2n1. The van der Waals surface area contributed by atoms with Crippen LogP contribution in [0.2, 0.25) is 0 Å². The van der Waals surface area contributed by atoms with Gasteiger partial charge < -0.3 is 20.9 Å². The molecule has 0 aliphatic carbocycles. The van der Waals surface area contributed by atoms with E-state index < -0.39 is 29.9 Å². The van der Waals surface area contributed by atoms with Crippen LogP contribution < -0.4 is 11.1 Å². The number of hydrogen-bond donors (Lipinski definition) is 3. The van der Waals surface area contributed by atoms with E-state index in [1.165, 1.54) is 15.9 Å². The molecular formula is C25H22FN11O3. The highest BCUT2D eigenvalue weighted by Gasteiger charge is 2.40. The number of benzene rings is 1. The van der Waals surface area contributed by atoms with E-state index in [-0.39, 0.29) is 31.0 Å². The molecule has 4 aromatic heterocycles. The molecule has 5 heterocycles. The highest BCUT2D eigenvalue weighted by Crippen LogP contribution is 2.28. The van der Waals surface area contributed by atoms with E-state index in [2.05, 4.69) is 40.5 Å². The molecule has 0 saturated carbocycles. The predicted octanol–water partition coefficient (Wildman–Crippen LogP) is 1.14. The van der Waals surface area contributed by atoms with Crippen molar-refractivity contribution >= 4 is 45.6 Å². The third-order valence-corrected chi connectivity index (χ3v) is 6.70. The van der Waals surface area contributed by atoms with Crippen molar-refractivity contribution < 1.29 is 18.8 Å². The fourth-order valence-electron chi connectivity index (χ4n) is 4.88. The van der Waals surface area contributed by atoms with Crippen molar-refractivity contribution in [2.24, 2.45) is 5.73 Å². The van der Waals surface area contributed by atoms with Gasteiger partial charge in [0.05, 0.1) is 30.8 Å². The molecule has 1 saturated heterocycles. The molecule has 0 radical (unpaired) electrons. The van der Waals surface area contributed by atoms with Crippen LogP contribution in [-0.4, -0.2) is 81.3 Å². The zero-order valence-electron chi connectivity index (χ0n) is 21.1. The maximum absolute atomic E-state index is 14.5. The van der Waals surface area contributed by atoms with Gasteiger partial charge in [-0.2, -0.15) is 15.3 Å². The molecule has 1 aliphatic rings. The lowest BCUT2D eigenvalue weighted by Gasteiger charge is -2.23. The molecular weight excluding hydrogens is 521 g/mol. The van der Waals surface area contributed by atoms with E-state index in [0.717, 1.165) is 11.1 Å². The maximum Gasteiger partial charge on any atom is 0.269 e. The number of halogens is 1. The standard InChI is InChI=1S/C25H22FN11O3/c1-12-32-23-21(28-11-29-23)24(33-12)34-25(40)18-7-15(26)9-36(18)19(38)10-37-17-3-2-13(14-4-5-30-31-8-14)6-16(17)20(35-37)22(27)39/h2-6,8,11,15,18H,7,9-10H2,1H3,(H2,27,39)(H2,28,29,32,33,34,40)/t15-,18-/m1/s1. The fourth-order valence-corrected chi connectivity index (χ4v) is 4.88. The Labute approximate surface area is 224 Å². The monoisotopic (exact) mass is 543 g/mol. The minimum absolute atomic E-state index is 0.0200. The Morgan fingerprint density at radius 3 is 2.80 bits per heavy atom. The second-order valence-corrected chi connectivity index (χ2v) is 9.34. The Bertz CT molecular complexity index is 1790. The lowest BCUT2D eigenvalue weighted by atomic mass is 10.0. The van der Waals surface area contributed by atoms with Crippen molar-refractivity contribution in [2.45, 2.75) is 32.1 Å². The van der Waals surface area contributed by atoms with E-state index in [1.807, 2.05) is 0 Å². The van der Waals surface area contributed by atoms with Crippen LogP contribution in [-0.2, 0) is 16.1 Å². The molecule has 3 amide bonds. The van der Waals surface area contributed by atoms with Gasteiger partial charge in [-0.1, -0.05) is 6.07 Å². The largest absolute Gasteiger partial charge is 0.364 e. The zero-order chi connectivity index (χ0) is 28.0. The van der Waals surface area contributed by atoms with Crippen LogP contribution in [0.1, 0.15) is 22.7 Å². The van der Waals surface area contributed by atoms with Gasteiger partial charge >= 0.3 is 0 Å². The number of nitrogens with two attached hydrogens (primary N) is 1. The first-order chi connectivity index (χ1) is 19.3. The van der Waals surface area contributed by atoms with Gasteiger partial charge in [0.2, 0.25) is 11.8 Å². The van der Waals surface area contributed by atoms with Gasteiger partial charge in [0, 0.05) is 17.4 Å². The number of carbonyl (C=O) groups is 3. The summed E-state index contributed by atoms with van der Waals surface area (Å²) in [5, 5.41) is 15.0. The molecule has 14 nitrogen and oxygen atoms in total. The molecule has 15 heteroatoms. The molecule has 202 valence electrons. The number of alkyl halides is 1. The molecule has 1 aromatic carbocycles. The van der Waals surface area contributed by atoms with E-state index in [9.17, 15) is 18.8 Å². The number of hydrogen-bond acceptors (Lipinski definition) is 9. The Kier molecular flexibility index (Phi) is 6.09. The van der Waals surface area contributed by atoms with Crippen LogP contribution in [0.4, 0.5) is 10.2 Å². The number of primary amides is 1. The first-order valence-electron chi connectivity index (χ1n) is 12.3. The molecule has 0 unspecified atom stereocenters. The highest BCUT2D eigenvalue weighted by molar-refractivity contribution is 6.05. The van der Waals surface area contributed by atoms with Crippen molar-refractivity contribution in [3.8, 4) is 11.1 Å². The second kappa shape index (κ2) is 9.76. The van der Waals surface area contributed by atoms with E-state index in [0.29, 0.717) is 27.9 Å². The summed E-state index contributed by atoms with van der Waals surface area (Å²) in [6, 6.07) is 5.90. The van der Waals surface area contributed by atoms with Gasteiger partial charge in [-0.05, 0) is 30.7 Å². The number of fused-ring (bicyclic) bond motifs is 2. The highest BCUT2D eigenvalue weighted by atomic mass is 19.1. The molecule has 0 spiro atoms. The summed E-state index contributed by atoms with van der Waals surface area (Å²) < 4.78 is 15.9. The Hall–Kier alpha value is -5.34. The van der Waals surface area contributed by atoms with Gasteiger partial charge in [-0.15, -0.1) is 0 Å². The summed E-state index contributed by atoms with van der Waals surface area (Å²) in [6.45, 7) is 1.05. The minimum atomic E-state index is -1.40. The number of H-pyrrole nitrogens is 1. The number of aromatic nitrogens is 8. The lowest BCUT2D eigenvalue weighted by Crippen LogP contribution is -2.44. The zero-order valence-corrected chi connectivity index (χ0v) is 21.1. The van der Waals surface area contributed by atoms with Gasteiger partial charge in [0.15, 0.2) is 17.2 Å². The topological polar surface area (TPSA) is 191 Å². The molecule has 1 fully saturated rings. The number of rotatable bonds is 6. The Balaban J connectivity index is 1.27. The number of aromatic amines is 1. The summed E-state index contributed by atoms with van der Waals surface area (Å²) >= 11 is 0. The van der Waals surface area contributed by atoms with Crippen molar-refractivity contribution in [3.63, 3.8) is 0 Å². The van der Waals surface area contributed by atoms with E-state index in [4.69, 9.17) is 5.73 Å². The van der Waals surface area contributed by atoms with Crippen LogP contribution in [0.15, 0.2) is 43.0 Å². The van der Waals surface area contributed by atoms with Crippen LogP contribution in [0.25, 0.3) is 33.2 Å². The summed E-state index contributed by atoms with van der Waals surface area (Å²) in [6.07, 6.45) is 2.96. The summed E-state index contributed by atoms with van der Waals surface area (Å²) in [5.74, 6) is -1.34. The molecule has 6 rings (SSSR count). The first kappa shape index (κ1) is 25.0. The average molecular weight is 544 g/mol. The molecule has 1 aliphatic heterocycles. The van der Waals surface area contributed by atoms with Gasteiger partial charge in [0.1, 0.15) is 30.1 Å².